The molecule has 0 atom stereocenters. The van der Waals surface area contributed by atoms with Crippen LogP contribution in [0.4, 0.5) is 11.4 Å². The summed E-state index contributed by atoms with van der Waals surface area (Å²) in [7, 11) is 3.04. The van der Waals surface area contributed by atoms with Crippen molar-refractivity contribution in [3.8, 4) is 11.5 Å². The van der Waals surface area contributed by atoms with Crippen molar-refractivity contribution in [2.45, 2.75) is 6.92 Å². The SMILES string of the molecule is COc1ccc(OC)c(NC(=O)c2oc3ccccc3c2NC(=O)c2cccc(C)c2)c1. The van der Waals surface area contributed by atoms with Crippen LogP contribution >= 0.6 is 0 Å². The molecule has 4 rings (SSSR count). The van der Waals surface area contributed by atoms with E-state index in [-0.39, 0.29) is 11.7 Å². The predicted octanol–water partition coefficient (Wildman–Crippen LogP) is 5.26. The third-order valence-corrected chi connectivity index (χ3v) is 4.98. The standard InChI is InChI=1S/C25H22N2O5/c1-15-7-6-8-16(13-15)24(28)27-22-18-9-4-5-10-20(18)32-23(22)25(29)26-19-14-17(30-2)11-12-21(19)31-3/h4-14H,1-3H3,(H,26,29)(H,27,28). The number of hydrogen-bond donors (Lipinski definition) is 2. The van der Waals surface area contributed by atoms with Crippen molar-refractivity contribution in [2.24, 2.45) is 0 Å². The number of nitrogens with one attached hydrogen (secondary N) is 2. The summed E-state index contributed by atoms with van der Waals surface area (Å²) in [6.07, 6.45) is 0. The number of ether oxygens (including phenoxy) is 2. The second-order valence-electron chi connectivity index (χ2n) is 7.15. The lowest BCUT2D eigenvalue weighted by molar-refractivity contribution is 0.0999. The van der Waals surface area contributed by atoms with Crippen LogP contribution in [-0.2, 0) is 0 Å². The number of carbonyl (C=O) groups excluding carboxylic acids is 2. The van der Waals surface area contributed by atoms with E-state index in [4.69, 9.17) is 13.9 Å². The molecule has 0 bridgehead atoms. The summed E-state index contributed by atoms with van der Waals surface area (Å²) in [5, 5.41) is 6.25. The van der Waals surface area contributed by atoms with Gasteiger partial charge in [0.15, 0.2) is 0 Å². The molecule has 0 aliphatic rings. The number of hydrogen-bond acceptors (Lipinski definition) is 5. The molecule has 0 aliphatic heterocycles. The second kappa shape index (κ2) is 8.85. The molecule has 0 spiro atoms. The van der Waals surface area contributed by atoms with Crippen LogP contribution in [0.5, 0.6) is 11.5 Å². The van der Waals surface area contributed by atoms with Crippen molar-refractivity contribution in [2.75, 3.05) is 24.9 Å². The molecule has 0 saturated heterocycles. The number of anilines is 2. The quantitative estimate of drug-likeness (QED) is 0.435. The van der Waals surface area contributed by atoms with Crippen LogP contribution < -0.4 is 20.1 Å². The molecule has 1 aromatic heterocycles. The molecule has 32 heavy (non-hydrogen) atoms. The number of para-hydroxylation sites is 1. The highest BCUT2D eigenvalue weighted by atomic mass is 16.5. The topological polar surface area (TPSA) is 89.8 Å². The maximum Gasteiger partial charge on any atom is 0.293 e. The lowest BCUT2D eigenvalue weighted by atomic mass is 10.1. The van der Waals surface area contributed by atoms with Gasteiger partial charge >= 0.3 is 0 Å². The molecule has 2 N–H and O–H groups in total. The number of methoxy groups -OCH3 is 2. The molecule has 7 nitrogen and oxygen atoms in total. The van der Waals surface area contributed by atoms with E-state index in [1.54, 1.807) is 54.6 Å². The van der Waals surface area contributed by atoms with E-state index in [1.165, 1.54) is 14.2 Å². The normalized spacial score (nSPS) is 10.6. The van der Waals surface area contributed by atoms with Crippen molar-refractivity contribution in [1.82, 2.24) is 0 Å². The van der Waals surface area contributed by atoms with Gasteiger partial charge in [0.05, 0.1) is 19.9 Å². The monoisotopic (exact) mass is 430 g/mol. The molecule has 0 radical (unpaired) electrons. The Labute approximate surface area is 184 Å². The van der Waals surface area contributed by atoms with Crippen LogP contribution in [0.1, 0.15) is 26.5 Å². The summed E-state index contributed by atoms with van der Waals surface area (Å²) >= 11 is 0. The van der Waals surface area contributed by atoms with E-state index < -0.39 is 5.91 Å². The lowest BCUT2D eigenvalue weighted by Crippen LogP contribution is -2.17. The predicted molar refractivity (Wildman–Crippen MR) is 123 cm³/mol. The fourth-order valence-electron chi connectivity index (χ4n) is 3.39. The van der Waals surface area contributed by atoms with Gasteiger partial charge in [-0.3, -0.25) is 9.59 Å². The van der Waals surface area contributed by atoms with E-state index in [1.807, 2.05) is 19.1 Å². The van der Waals surface area contributed by atoms with Gasteiger partial charge in [-0.05, 0) is 43.3 Å². The number of fused-ring (bicyclic) bond motifs is 1. The van der Waals surface area contributed by atoms with E-state index in [0.717, 1.165) is 5.56 Å². The highest BCUT2D eigenvalue weighted by Crippen LogP contribution is 2.34. The minimum absolute atomic E-state index is 0.0166. The maximum absolute atomic E-state index is 13.2. The fourth-order valence-corrected chi connectivity index (χ4v) is 3.39. The van der Waals surface area contributed by atoms with Crippen molar-refractivity contribution in [3.05, 3.63) is 83.6 Å². The molecule has 162 valence electrons. The largest absolute Gasteiger partial charge is 0.497 e. The number of rotatable bonds is 6. The zero-order valence-electron chi connectivity index (χ0n) is 17.9. The van der Waals surface area contributed by atoms with Crippen molar-refractivity contribution >= 4 is 34.2 Å². The van der Waals surface area contributed by atoms with Crippen LogP contribution in [0.25, 0.3) is 11.0 Å². The molecule has 0 fully saturated rings. The Morgan fingerprint density at radius 3 is 2.41 bits per heavy atom. The van der Waals surface area contributed by atoms with Crippen LogP contribution in [0.2, 0.25) is 0 Å². The number of furan rings is 1. The second-order valence-corrected chi connectivity index (χ2v) is 7.15. The maximum atomic E-state index is 13.2. The zero-order valence-corrected chi connectivity index (χ0v) is 17.9. The van der Waals surface area contributed by atoms with Crippen molar-refractivity contribution in [3.63, 3.8) is 0 Å². The first-order valence-electron chi connectivity index (χ1n) is 9.93. The summed E-state index contributed by atoms with van der Waals surface area (Å²) in [6.45, 7) is 1.91. The summed E-state index contributed by atoms with van der Waals surface area (Å²) in [6, 6.07) is 19.4. The summed E-state index contributed by atoms with van der Waals surface area (Å²) < 4.78 is 16.4. The molecular weight excluding hydrogens is 408 g/mol. The first kappa shape index (κ1) is 21.0. The third-order valence-electron chi connectivity index (χ3n) is 4.98. The molecule has 0 saturated carbocycles. The first-order chi connectivity index (χ1) is 15.5. The first-order valence-corrected chi connectivity index (χ1v) is 9.93. The Hall–Kier alpha value is -4.26. The third kappa shape index (κ3) is 4.13. The highest BCUT2D eigenvalue weighted by Gasteiger charge is 2.24. The van der Waals surface area contributed by atoms with Crippen LogP contribution in [0.15, 0.2) is 71.1 Å². The van der Waals surface area contributed by atoms with Gasteiger partial charge in [0, 0.05) is 17.0 Å². The number of aryl methyl sites for hydroxylation is 1. The molecule has 4 aromatic rings. The minimum Gasteiger partial charge on any atom is -0.497 e. The minimum atomic E-state index is -0.535. The van der Waals surface area contributed by atoms with Crippen molar-refractivity contribution < 1.29 is 23.5 Å². The Kier molecular flexibility index (Phi) is 5.81. The Morgan fingerprint density at radius 1 is 0.844 bits per heavy atom. The Morgan fingerprint density at radius 2 is 1.66 bits per heavy atom. The van der Waals surface area contributed by atoms with Crippen LogP contribution in [0, 0.1) is 6.92 Å². The van der Waals surface area contributed by atoms with Gasteiger partial charge in [-0.25, -0.2) is 0 Å². The Balaban J connectivity index is 1.71. The number of benzene rings is 3. The van der Waals surface area contributed by atoms with Gasteiger partial charge in [-0.1, -0.05) is 29.8 Å². The summed E-state index contributed by atoms with van der Waals surface area (Å²) in [5.41, 5.74) is 2.63. The van der Waals surface area contributed by atoms with E-state index in [2.05, 4.69) is 10.6 Å². The van der Waals surface area contributed by atoms with E-state index >= 15 is 0 Å². The molecule has 2 amide bonds. The highest BCUT2D eigenvalue weighted by molar-refractivity contribution is 6.17. The van der Waals surface area contributed by atoms with Gasteiger partial charge in [0.1, 0.15) is 22.8 Å². The fraction of sp³-hybridized carbons (Fsp3) is 0.120. The number of amides is 2. The molecule has 7 heteroatoms. The van der Waals surface area contributed by atoms with Gasteiger partial charge in [0.2, 0.25) is 5.76 Å². The summed E-state index contributed by atoms with van der Waals surface area (Å²) in [5.74, 6) is 0.122. The smallest absolute Gasteiger partial charge is 0.293 e. The van der Waals surface area contributed by atoms with Crippen LogP contribution in [0.3, 0.4) is 0 Å². The molecule has 3 aromatic carbocycles. The van der Waals surface area contributed by atoms with E-state index in [0.29, 0.717) is 39.4 Å². The lowest BCUT2D eigenvalue weighted by Gasteiger charge is -2.12. The van der Waals surface area contributed by atoms with Crippen LogP contribution in [-0.4, -0.2) is 26.0 Å². The van der Waals surface area contributed by atoms with E-state index in [9.17, 15) is 9.59 Å². The molecule has 0 unspecified atom stereocenters. The summed E-state index contributed by atoms with van der Waals surface area (Å²) in [4.78, 5) is 26.1. The van der Waals surface area contributed by atoms with Crippen molar-refractivity contribution in [1.29, 1.82) is 0 Å². The van der Waals surface area contributed by atoms with Gasteiger partial charge in [0.25, 0.3) is 11.8 Å². The Bertz CT molecular complexity index is 1310. The number of carbonyl (C=O) groups is 2. The molecule has 1 heterocycles. The van der Waals surface area contributed by atoms with Gasteiger partial charge in [-0.15, -0.1) is 0 Å². The molecular formula is C25H22N2O5. The molecule has 0 aliphatic carbocycles. The van der Waals surface area contributed by atoms with Gasteiger partial charge < -0.3 is 24.5 Å². The van der Waals surface area contributed by atoms with Gasteiger partial charge in [-0.2, -0.15) is 0 Å². The average molecular weight is 430 g/mol. The zero-order chi connectivity index (χ0) is 22.7. The average Bonchev–Trinajstić information content (AvgIpc) is 3.17.